The smallest absolute Gasteiger partial charge is 0.199 e. The number of ether oxygens (including phenoxy) is 2. The third-order valence-electron chi connectivity index (χ3n) is 3.29. The largest absolute Gasteiger partial charge is 0.497 e. The van der Waals surface area contributed by atoms with Crippen molar-refractivity contribution in [2.24, 2.45) is 0 Å². The summed E-state index contributed by atoms with van der Waals surface area (Å²) in [5.41, 5.74) is 2.19. The van der Waals surface area contributed by atoms with Crippen LogP contribution in [0.3, 0.4) is 0 Å². The molecule has 0 aliphatic rings. The predicted octanol–water partition coefficient (Wildman–Crippen LogP) is 2.94. The van der Waals surface area contributed by atoms with Gasteiger partial charge in [0.25, 0.3) is 0 Å². The third kappa shape index (κ3) is 2.20. The van der Waals surface area contributed by atoms with Gasteiger partial charge in [0.15, 0.2) is 5.88 Å². The Morgan fingerprint density at radius 2 is 1.90 bits per heavy atom. The van der Waals surface area contributed by atoms with Gasteiger partial charge in [0, 0.05) is 6.42 Å². The lowest BCUT2D eigenvalue weighted by Crippen LogP contribution is -2.00. The lowest BCUT2D eigenvalue weighted by atomic mass is 10.1. The molecule has 0 saturated carbocycles. The van der Waals surface area contributed by atoms with Gasteiger partial charge < -0.3 is 9.47 Å². The molecule has 20 heavy (non-hydrogen) atoms. The van der Waals surface area contributed by atoms with E-state index >= 15 is 0 Å². The molecule has 0 unspecified atom stereocenters. The number of imidazole rings is 1. The first-order valence-electron chi connectivity index (χ1n) is 6.44. The first kappa shape index (κ1) is 12.5. The standard InChI is InChI=1S/C16H16N2O2/c1-19-14-7-3-5-12(9-14)10-15-17-11-13-6-4-8-16(20-2)18(13)15/h3-9,11H,10H2,1-2H3. The highest BCUT2D eigenvalue weighted by Gasteiger charge is 2.09. The average Bonchev–Trinajstić information content (AvgIpc) is 2.90. The van der Waals surface area contributed by atoms with Crippen LogP contribution in [0.2, 0.25) is 0 Å². The first-order valence-corrected chi connectivity index (χ1v) is 6.44. The summed E-state index contributed by atoms with van der Waals surface area (Å²) < 4.78 is 12.7. The molecule has 4 heteroatoms. The molecule has 102 valence electrons. The minimum atomic E-state index is 0.728. The molecular weight excluding hydrogens is 252 g/mol. The van der Waals surface area contributed by atoms with Crippen LogP contribution in [0.4, 0.5) is 0 Å². The van der Waals surface area contributed by atoms with Crippen LogP contribution in [0, 0.1) is 0 Å². The summed E-state index contributed by atoms with van der Waals surface area (Å²) in [6.45, 7) is 0. The highest BCUT2D eigenvalue weighted by Crippen LogP contribution is 2.20. The summed E-state index contributed by atoms with van der Waals surface area (Å²) in [6, 6.07) is 13.9. The molecule has 0 aliphatic heterocycles. The van der Waals surface area contributed by atoms with E-state index in [2.05, 4.69) is 11.1 Å². The van der Waals surface area contributed by atoms with E-state index in [1.165, 1.54) is 0 Å². The van der Waals surface area contributed by atoms with E-state index < -0.39 is 0 Å². The summed E-state index contributed by atoms with van der Waals surface area (Å²) in [5, 5.41) is 0. The number of methoxy groups -OCH3 is 2. The van der Waals surface area contributed by atoms with Crippen LogP contribution in [-0.2, 0) is 6.42 Å². The maximum absolute atomic E-state index is 5.41. The number of nitrogens with zero attached hydrogens (tertiary/aromatic N) is 2. The van der Waals surface area contributed by atoms with Gasteiger partial charge in [0.05, 0.1) is 25.9 Å². The minimum absolute atomic E-state index is 0.728. The Balaban J connectivity index is 2.02. The highest BCUT2D eigenvalue weighted by molar-refractivity contribution is 5.49. The predicted molar refractivity (Wildman–Crippen MR) is 77.5 cm³/mol. The van der Waals surface area contributed by atoms with Crippen molar-refractivity contribution in [3.63, 3.8) is 0 Å². The maximum atomic E-state index is 5.41. The second kappa shape index (κ2) is 5.25. The van der Waals surface area contributed by atoms with E-state index in [1.807, 2.05) is 47.0 Å². The topological polar surface area (TPSA) is 35.8 Å². The molecule has 1 aromatic carbocycles. The van der Waals surface area contributed by atoms with Gasteiger partial charge in [-0.1, -0.05) is 18.2 Å². The molecule has 3 rings (SSSR count). The van der Waals surface area contributed by atoms with Crippen LogP contribution >= 0.6 is 0 Å². The van der Waals surface area contributed by atoms with Crippen molar-refractivity contribution in [3.8, 4) is 11.6 Å². The molecule has 0 atom stereocenters. The van der Waals surface area contributed by atoms with Gasteiger partial charge in [0.2, 0.25) is 0 Å². The molecule has 3 aromatic rings. The van der Waals surface area contributed by atoms with E-state index in [9.17, 15) is 0 Å². The van der Waals surface area contributed by atoms with Crippen molar-refractivity contribution >= 4 is 5.52 Å². The molecule has 0 amide bonds. The monoisotopic (exact) mass is 268 g/mol. The molecule has 0 aliphatic carbocycles. The Kier molecular flexibility index (Phi) is 3.29. The number of rotatable bonds is 4. The van der Waals surface area contributed by atoms with Crippen LogP contribution in [0.25, 0.3) is 5.52 Å². The Morgan fingerprint density at radius 3 is 2.70 bits per heavy atom. The van der Waals surface area contributed by atoms with E-state index in [0.717, 1.165) is 35.0 Å². The lowest BCUT2D eigenvalue weighted by molar-refractivity contribution is 0.390. The van der Waals surface area contributed by atoms with Gasteiger partial charge in [-0.05, 0) is 29.8 Å². The first-order chi connectivity index (χ1) is 9.81. The normalized spacial score (nSPS) is 10.7. The molecule has 0 radical (unpaired) electrons. The molecular formula is C16H16N2O2. The minimum Gasteiger partial charge on any atom is -0.497 e. The highest BCUT2D eigenvalue weighted by atomic mass is 16.5. The Bertz CT molecular complexity index is 734. The van der Waals surface area contributed by atoms with Crippen LogP contribution in [0.15, 0.2) is 48.7 Å². The van der Waals surface area contributed by atoms with E-state index in [4.69, 9.17) is 9.47 Å². The van der Waals surface area contributed by atoms with Crippen molar-refractivity contribution < 1.29 is 9.47 Å². The summed E-state index contributed by atoms with van der Waals surface area (Å²) in [7, 11) is 3.34. The molecule has 0 N–H and O–H groups in total. The van der Waals surface area contributed by atoms with Gasteiger partial charge in [-0.25, -0.2) is 4.98 Å². The number of aromatic nitrogens is 2. The maximum Gasteiger partial charge on any atom is 0.199 e. The van der Waals surface area contributed by atoms with Crippen molar-refractivity contribution in [3.05, 3.63) is 60.0 Å². The Morgan fingerprint density at radius 1 is 1.05 bits per heavy atom. The Hall–Kier alpha value is -2.49. The van der Waals surface area contributed by atoms with Crippen molar-refractivity contribution in [1.82, 2.24) is 9.38 Å². The molecule has 0 fully saturated rings. The quantitative estimate of drug-likeness (QED) is 0.730. The zero-order valence-electron chi connectivity index (χ0n) is 11.5. The van der Waals surface area contributed by atoms with E-state index in [-0.39, 0.29) is 0 Å². The number of pyridine rings is 1. The summed E-state index contributed by atoms with van der Waals surface area (Å²) in [5.74, 6) is 2.60. The molecule has 0 spiro atoms. The zero-order valence-corrected chi connectivity index (χ0v) is 11.5. The fraction of sp³-hybridized carbons (Fsp3) is 0.188. The van der Waals surface area contributed by atoms with Crippen LogP contribution in [0.5, 0.6) is 11.6 Å². The van der Waals surface area contributed by atoms with Gasteiger partial charge in [-0.15, -0.1) is 0 Å². The van der Waals surface area contributed by atoms with E-state index in [1.54, 1.807) is 14.2 Å². The molecule has 2 aromatic heterocycles. The second-order valence-electron chi connectivity index (χ2n) is 4.53. The second-order valence-corrected chi connectivity index (χ2v) is 4.53. The van der Waals surface area contributed by atoms with Crippen LogP contribution in [-0.4, -0.2) is 23.6 Å². The molecule has 2 heterocycles. The summed E-state index contributed by atoms with van der Waals surface area (Å²) in [6.07, 6.45) is 2.59. The van der Waals surface area contributed by atoms with Crippen LogP contribution < -0.4 is 9.47 Å². The average molecular weight is 268 g/mol. The summed E-state index contributed by atoms with van der Waals surface area (Å²) >= 11 is 0. The van der Waals surface area contributed by atoms with E-state index in [0.29, 0.717) is 0 Å². The van der Waals surface area contributed by atoms with Gasteiger partial charge in [0.1, 0.15) is 11.6 Å². The number of benzene rings is 1. The SMILES string of the molecule is COc1cccc(Cc2ncc3cccc(OC)n23)c1. The fourth-order valence-corrected chi connectivity index (χ4v) is 2.33. The van der Waals surface area contributed by atoms with Gasteiger partial charge in [-0.3, -0.25) is 4.40 Å². The molecule has 0 bridgehead atoms. The van der Waals surface area contributed by atoms with Gasteiger partial charge in [-0.2, -0.15) is 0 Å². The van der Waals surface area contributed by atoms with Crippen LogP contribution in [0.1, 0.15) is 11.4 Å². The third-order valence-corrected chi connectivity index (χ3v) is 3.29. The number of hydrogen-bond donors (Lipinski definition) is 0. The fourth-order valence-electron chi connectivity index (χ4n) is 2.33. The number of fused-ring (bicyclic) bond motifs is 1. The zero-order chi connectivity index (χ0) is 13.9. The molecule has 4 nitrogen and oxygen atoms in total. The summed E-state index contributed by atoms with van der Waals surface area (Å²) in [4.78, 5) is 4.50. The van der Waals surface area contributed by atoms with Crippen molar-refractivity contribution in [1.29, 1.82) is 0 Å². The van der Waals surface area contributed by atoms with Gasteiger partial charge >= 0.3 is 0 Å². The lowest BCUT2D eigenvalue weighted by Gasteiger charge is -2.08. The number of hydrogen-bond acceptors (Lipinski definition) is 3. The molecule has 0 saturated heterocycles. The van der Waals surface area contributed by atoms with Crippen molar-refractivity contribution in [2.75, 3.05) is 14.2 Å². The Labute approximate surface area is 117 Å². The van der Waals surface area contributed by atoms with Crippen molar-refractivity contribution in [2.45, 2.75) is 6.42 Å².